The molecule has 17 heavy (non-hydrogen) atoms. The molecule has 2 aromatic rings. The fourth-order valence-electron chi connectivity index (χ4n) is 1.56. The standard InChI is InChI=1S/C12H12ClNOS2/c1-8-6-9(14)2-4-11(8)17(15)7-10-3-5-12(13)16-10/h2-6H,7,14H2,1H3. The Morgan fingerprint density at radius 3 is 2.71 bits per heavy atom. The number of rotatable bonds is 3. The molecule has 90 valence electrons. The third-order valence-electron chi connectivity index (χ3n) is 2.35. The minimum atomic E-state index is -1.04. The second kappa shape index (κ2) is 5.21. The van der Waals surface area contributed by atoms with Crippen molar-refractivity contribution >= 4 is 39.4 Å². The summed E-state index contributed by atoms with van der Waals surface area (Å²) in [7, 11) is -1.04. The van der Waals surface area contributed by atoms with Gasteiger partial charge in [0.15, 0.2) is 0 Å². The number of hydrogen-bond donors (Lipinski definition) is 1. The molecule has 0 amide bonds. The van der Waals surface area contributed by atoms with Gasteiger partial charge in [-0.25, -0.2) is 0 Å². The monoisotopic (exact) mass is 285 g/mol. The largest absolute Gasteiger partial charge is 0.399 e. The summed E-state index contributed by atoms with van der Waals surface area (Å²) in [6, 6.07) is 9.19. The molecule has 1 atom stereocenters. The first-order valence-corrected chi connectivity index (χ1v) is 7.56. The molecule has 2 rings (SSSR count). The van der Waals surface area contributed by atoms with Gasteiger partial charge in [-0.1, -0.05) is 11.6 Å². The van der Waals surface area contributed by atoms with Crippen molar-refractivity contribution in [3.05, 3.63) is 45.1 Å². The SMILES string of the molecule is Cc1cc(N)ccc1S(=O)Cc1ccc(Cl)s1. The number of hydrogen-bond acceptors (Lipinski definition) is 3. The fourth-order valence-corrected chi connectivity index (χ4v) is 4.15. The summed E-state index contributed by atoms with van der Waals surface area (Å²) in [6.07, 6.45) is 0. The quantitative estimate of drug-likeness (QED) is 0.876. The number of anilines is 1. The summed E-state index contributed by atoms with van der Waals surface area (Å²) in [5, 5.41) is 0. The minimum Gasteiger partial charge on any atom is -0.399 e. The molecule has 0 aliphatic carbocycles. The molecule has 0 bridgehead atoms. The number of halogens is 1. The highest BCUT2D eigenvalue weighted by atomic mass is 35.5. The smallest absolute Gasteiger partial charge is 0.0931 e. The lowest BCUT2D eigenvalue weighted by Crippen LogP contribution is -1.98. The van der Waals surface area contributed by atoms with Crippen LogP contribution in [0.3, 0.4) is 0 Å². The van der Waals surface area contributed by atoms with Crippen LogP contribution in [-0.4, -0.2) is 4.21 Å². The molecule has 0 radical (unpaired) electrons. The molecular weight excluding hydrogens is 274 g/mol. The first kappa shape index (κ1) is 12.6. The molecule has 0 saturated heterocycles. The molecule has 1 aromatic carbocycles. The Morgan fingerprint density at radius 1 is 1.35 bits per heavy atom. The second-order valence-corrected chi connectivity index (χ2v) is 6.94. The molecule has 5 heteroatoms. The van der Waals surface area contributed by atoms with E-state index in [4.69, 9.17) is 17.3 Å². The van der Waals surface area contributed by atoms with Crippen LogP contribution in [0.2, 0.25) is 4.34 Å². The van der Waals surface area contributed by atoms with Crippen molar-refractivity contribution in [2.45, 2.75) is 17.6 Å². The summed E-state index contributed by atoms with van der Waals surface area (Å²) in [6.45, 7) is 1.92. The molecule has 1 unspecified atom stereocenters. The average molecular weight is 286 g/mol. The van der Waals surface area contributed by atoms with Gasteiger partial charge in [-0.15, -0.1) is 11.3 Å². The Bertz CT molecular complexity index is 565. The van der Waals surface area contributed by atoms with Gasteiger partial charge in [0.1, 0.15) is 0 Å². The number of thiophene rings is 1. The van der Waals surface area contributed by atoms with Gasteiger partial charge in [-0.2, -0.15) is 0 Å². The third kappa shape index (κ3) is 3.09. The maximum atomic E-state index is 12.2. The molecule has 0 aliphatic heterocycles. The number of benzene rings is 1. The molecule has 0 fully saturated rings. The van der Waals surface area contributed by atoms with Gasteiger partial charge in [-0.3, -0.25) is 4.21 Å². The molecular formula is C12H12ClNOS2. The van der Waals surface area contributed by atoms with Crippen LogP contribution in [0, 0.1) is 6.92 Å². The van der Waals surface area contributed by atoms with E-state index in [0.29, 0.717) is 11.4 Å². The molecule has 0 spiro atoms. The third-order valence-corrected chi connectivity index (χ3v) is 5.28. The highest BCUT2D eigenvalue weighted by Crippen LogP contribution is 2.25. The first-order valence-electron chi connectivity index (χ1n) is 5.05. The molecule has 0 aliphatic rings. The lowest BCUT2D eigenvalue weighted by atomic mass is 10.2. The number of aryl methyl sites for hydroxylation is 1. The van der Waals surface area contributed by atoms with Crippen molar-refractivity contribution in [1.82, 2.24) is 0 Å². The van der Waals surface area contributed by atoms with E-state index in [-0.39, 0.29) is 0 Å². The Balaban J connectivity index is 2.20. The van der Waals surface area contributed by atoms with Gasteiger partial charge in [0, 0.05) is 15.5 Å². The topological polar surface area (TPSA) is 43.1 Å². The Morgan fingerprint density at radius 2 is 2.12 bits per heavy atom. The van der Waals surface area contributed by atoms with Gasteiger partial charge in [0.2, 0.25) is 0 Å². The maximum Gasteiger partial charge on any atom is 0.0931 e. The normalized spacial score (nSPS) is 12.6. The average Bonchev–Trinajstić information content (AvgIpc) is 2.63. The molecule has 2 nitrogen and oxygen atoms in total. The lowest BCUT2D eigenvalue weighted by molar-refractivity contribution is 0.682. The molecule has 1 aromatic heterocycles. The number of nitrogens with two attached hydrogens (primary N) is 1. The summed E-state index contributed by atoms with van der Waals surface area (Å²) < 4.78 is 12.9. The van der Waals surface area contributed by atoms with Gasteiger partial charge < -0.3 is 5.73 Å². The summed E-state index contributed by atoms with van der Waals surface area (Å²) in [5.41, 5.74) is 7.33. The predicted molar refractivity (Wildman–Crippen MR) is 75.0 cm³/mol. The Kier molecular flexibility index (Phi) is 3.86. The van der Waals surface area contributed by atoms with Crippen molar-refractivity contribution in [3.63, 3.8) is 0 Å². The lowest BCUT2D eigenvalue weighted by Gasteiger charge is -2.05. The Labute approximate surface area is 112 Å². The van der Waals surface area contributed by atoms with E-state index in [1.54, 1.807) is 6.07 Å². The second-order valence-electron chi connectivity index (χ2n) is 3.72. The summed E-state index contributed by atoms with van der Waals surface area (Å²) in [5.74, 6) is 0.502. The van der Waals surface area contributed by atoms with Crippen LogP contribution in [0.4, 0.5) is 5.69 Å². The zero-order valence-electron chi connectivity index (χ0n) is 9.27. The minimum absolute atomic E-state index is 0.502. The Hall–Kier alpha value is -0.840. The van der Waals surface area contributed by atoms with Crippen LogP contribution in [0.15, 0.2) is 35.2 Å². The zero-order chi connectivity index (χ0) is 12.4. The maximum absolute atomic E-state index is 12.2. The first-order chi connectivity index (χ1) is 8.06. The van der Waals surface area contributed by atoms with Crippen molar-refractivity contribution in [2.24, 2.45) is 0 Å². The van der Waals surface area contributed by atoms with E-state index in [9.17, 15) is 4.21 Å². The van der Waals surface area contributed by atoms with Crippen molar-refractivity contribution in [3.8, 4) is 0 Å². The van der Waals surface area contributed by atoms with Gasteiger partial charge in [0.25, 0.3) is 0 Å². The molecule has 1 heterocycles. The van der Waals surface area contributed by atoms with Crippen LogP contribution >= 0.6 is 22.9 Å². The highest BCUT2D eigenvalue weighted by molar-refractivity contribution is 7.84. The molecule has 2 N–H and O–H groups in total. The van der Waals surface area contributed by atoms with E-state index in [0.717, 1.165) is 19.7 Å². The zero-order valence-corrected chi connectivity index (χ0v) is 11.7. The van der Waals surface area contributed by atoms with Crippen LogP contribution in [-0.2, 0) is 16.6 Å². The van der Waals surface area contributed by atoms with Crippen molar-refractivity contribution in [1.29, 1.82) is 0 Å². The summed E-state index contributed by atoms with van der Waals surface area (Å²) >= 11 is 7.31. The number of nitrogen functional groups attached to an aromatic ring is 1. The highest BCUT2D eigenvalue weighted by Gasteiger charge is 2.09. The van der Waals surface area contributed by atoms with Crippen LogP contribution in [0.25, 0.3) is 0 Å². The summed E-state index contributed by atoms with van der Waals surface area (Å²) in [4.78, 5) is 1.87. The van der Waals surface area contributed by atoms with E-state index >= 15 is 0 Å². The van der Waals surface area contributed by atoms with Crippen LogP contribution < -0.4 is 5.73 Å². The molecule has 0 saturated carbocycles. The predicted octanol–water partition coefficient (Wildman–Crippen LogP) is 3.60. The van der Waals surface area contributed by atoms with Gasteiger partial charge in [-0.05, 0) is 42.8 Å². The van der Waals surface area contributed by atoms with Crippen LogP contribution in [0.1, 0.15) is 10.4 Å². The van der Waals surface area contributed by atoms with E-state index in [2.05, 4.69) is 0 Å². The van der Waals surface area contributed by atoms with Gasteiger partial charge >= 0.3 is 0 Å². The van der Waals surface area contributed by atoms with Crippen molar-refractivity contribution < 1.29 is 4.21 Å². The van der Waals surface area contributed by atoms with Crippen molar-refractivity contribution in [2.75, 3.05) is 5.73 Å². The van der Waals surface area contributed by atoms with E-state index < -0.39 is 10.8 Å². The van der Waals surface area contributed by atoms with E-state index in [1.807, 2.05) is 31.2 Å². The fraction of sp³-hybridized carbons (Fsp3) is 0.167. The van der Waals surface area contributed by atoms with Crippen LogP contribution in [0.5, 0.6) is 0 Å². The van der Waals surface area contributed by atoms with E-state index in [1.165, 1.54) is 11.3 Å². The van der Waals surface area contributed by atoms with Gasteiger partial charge in [0.05, 0.1) is 20.9 Å².